The third kappa shape index (κ3) is 4.03. The zero-order chi connectivity index (χ0) is 15.5. The molecule has 2 aromatic rings. The molecule has 0 aliphatic rings. The first-order valence-electron chi connectivity index (χ1n) is 6.02. The molecule has 0 aliphatic heterocycles. The Hall–Kier alpha value is -2.40. The molecule has 0 unspecified atom stereocenters. The van der Waals surface area contributed by atoms with Gasteiger partial charge in [0.05, 0.1) is 18.2 Å². The van der Waals surface area contributed by atoms with Crippen molar-refractivity contribution in [2.75, 3.05) is 0 Å². The van der Waals surface area contributed by atoms with Gasteiger partial charge in [-0.1, -0.05) is 12.1 Å². The predicted octanol–water partition coefficient (Wildman–Crippen LogP) is 1.77. The van der Waals surface area contributed by atoms with E-state index >= 15 is 0 Å². The minimum Gasteiger partial charge on any atom is -0.391 e. The fraction of sp³-hybridized carbons (Fsp3) is 0.308. The fourth-order valence-electron chi connectivity index (χ4n) is 1.82. The lowest BCUT2D eigenvalue weighted by molar-refractivity contribution is -0.137. The molecule has 0 amide bonds. The summed E-state index contributed by atoms with van der Waals surface area (Å²) in [5.74, 6) is -0.00303. The second-order valence-electron chi connectivity index (χ2n) is 4.45. The molecule has 0 saturated heterocycles. The fourth-order valence-corrected chi connectivity index (χ4v) is 1.82. The van der Waals surface area contributed by atoms with E-state index in [1.54, 1.807) is 6.07 Å². The Bertz CT molecular complexity index is 643. The van der Waals surface area contributed by atoms with Crippen LogP contribution in [0.25, 0.3) is 0 Å². The maximum absolute atomic E-state index is 12.4. The van der Waals surface area contributed by atoms with Gasteiger partial charge in [-0.15, -0.1) is 5.10 Å². The van der Waals surface area contributed by atoms with Crippen molar-refractivity contribution in [3.63, 3.8) is 0 Å². The number of hydrogen-bond donors (Lipinski definition) is 1. The van der Waals surface area contributed by atoms with Gasteiger partial charge in [0.25, 0.3) is 5.82 Å². The lowest BCUT2D eigenvalue weighted by Gasteiger charge is -2.11. The molecule has 0 fully saturated rings. The highest BCUT2D eigenvalue weighted by atomic mass is 19.4. The molecule has 110 valence electrons. The van der Waals surface area contributed by atoms with Crippen molar-refractivity contribution in [2.45, 2.75) is 25.2 Å². The molecule has 0 saturated carbocycles. The molecule has 0 bridgehead atoms. The van der Waals surface area contributed by atoms with Crippen molar-refractivity contribution < 1.29 is 18.3 Å². The van der Waals surface area contributed by atoms with E-state index in [0.29, 0.717) is 5.56 Å². The highest BCUT2D eigenvalue weighted by Crippen LogP contribution is 2.29. The van der Waals surface area contributed by atoms with E-state index in [9.17, 15) is 18.3 Å². The minimum atomic E-state index is -4.37. The normalized spacial score (nSPS) is 12.9. The molecule has 0 radical (unpaired) electrons. The van der Waals surface area contributed by atoms with Crippen LogP contribution in [0.15, 0.2) is 30.6 Å². The van der Waals surface area contributed by atoms with Gasteiger partial charge in [-0.2, -0.15) is 18.4 Å². The summed E-state index contributed by atoms with van der Waals surface area (Å²) in [5.41, 5.74) is -0.146. The number of aliphatic hydroxyl groups excluding tert-OH is 1. The van der Waals surface area contributed by atoms with Gasteiger partial charge < -0.3 is 5.11 Å². The SMILES string of the molecule is N#Cc1ncn(C[C@H](O)Cc2ccc(C(F)(F)F)cc2)n1. The minimum absolute atomic E-state index is 0.00303. The van der Waals surface area contributed by atoms with Crippen LogP contribution in [0.4, 0.5) is 13.2 Å². The molecule has 1 N–H and O–H groups in total. The van der Waals surface area contributed by atoms with Crippen LogP contribution in [0.2, 0.25) is 0 Å². The summed E-state index contributed by atoms with van der Waals surface area (Å²) in [6, 6.07) is 6.37. The summed E-state index contributed by atoms with van der Waals surface area (Å²) < 4.78 is 38.5. The molecule has 2 rings (SSSR count). The number of hydrogen-bond acceptors (Lipinski definition) is 4. The Balaban J connectivity index is 1.96. The molecule has 1 aromatic heterocycles. The van der Waals surface area contributed by atoms with Gasteiger partial charge in [0.1, 0.15) is 12.4 Å². The first kappa shape index (κ1) is 15.0. The zero-order valence-corrected chi connectivity index (χ0v) is 10.7. The number of aliphatic hydroxyl groups is 1. The van der Waals surface area contributed by atoms with E-state index in [1.165, 1.54) is 23.1 Å². The third-order valence-corrected chi connectivity index (χ3v) is 2.79. The Morgan fingerprint density at radius 2 is 1.95 bits per heavy atom. The molecule has 1 aromatic carbocycles. The van der Waals surface area contributed by atoms with Crippen LogP contribution in [0, 0.1) is 11.3 Å². The van der Waals surface area contributed by atoms with E-state index in [4.69, 9.17) is 5.26 Å². The van der Waals surface area contributed by atoms with E-state index in [1.807, 2.05) is 0 Å². The van der Waals surface area contributed by atoms with Crippen LogP contribution >= 0.6 is 0 Å². The topological polar surface area (TPSA) is 74.7 Å². The largest absolute Gasteiger partial charge is 0.416 e. The van der Waals surface area contributed by atoms with Gasteiger partial charge in [0.2, 0.25) is 0 Å². The van der Waals surface area contributed by atoms with Crippen LogP contribution in [0.5, 0.6) is 0 Å². The number of aromatic nitrogens is 3. The van der Waals surface area contributed by atoms with Crippen LogP contribution in [-0.2, 0) is 19.1 Å². The summed E-state index contributed by atoms with van der Waals surface area (Å²) in [6.07, 6.45) is -3.71. The number of nitrogens with zero attached hydrogens (tertiary/aromatic N) is 4. The van der Waals surface area contributed by atoms with Crippen molar-refractivity contribution in [2.24, 2.45) is 0 Å². The average Bonchev–Trinajstić information content (AvgIpc) is 2.85. The number of halogens is 3. The lowest BCUT2D eigenvalue weighted by atomic mass is 10.1. The highest BCUT2D eigenvalue weighted by Gasteiger charge is 2.29. The van der Waals surface area contributed by atoms with Crippen molar-refractivity contribution in [1.82, 2.24) is 14.8 Å². The second-order valence-corrected chi connectivity index (χ2v) is 4.45. The number of benzene rings is 1. The monoisotopic (exact) mass is 296 g/mol. The number of alkyl halides is 3. The molecule has 1 heterocycles. The Labute approximate surface area is 118 Å². The average molecular weight is 296 g/mol. The van der Waals surface area contributed by atoms with Crippen molar-refractivity contribution in [1.29, 1.82) is 5.26 Å². The summed E-state index contributed by atoms with van der Waals surface area (Å²) in [6.45, 7) is 0.107. The molecule has 1 atom stereocenters. The van der Waals surface area contributed by atoms with Crippen LogP contribution in [0.3, 0.4) is 0 Å². The van der Waals surface area contributed by atoms with Gasteiger partial charge in [-0.05, 0) is 17.7 Å². The quantitative estimate of drug-likeness (QED) is 0.933. The van der Waals surface area contributed by atoms with Crippen molar-refractivity contribution in [3.8, 4) is 6.07 Å². The van der Waals surface area contributed by atoms with Gasteiger partial charge >= 0.3 is 6.18 Å². The maximum atomic E-state index is 12.4. The first-order valence-corrected chi connectivity index (χ1v) is 6.02. The predicted molar refractivity (Wildman–Crippen MR) is 65.9 cm³/mol. The van der Waals surface area contributed by atoms with E-state index in [2.05, 4.69) is 10.1 Å². The van der Waals surface area contributed by atoms with Crippen molar-refractivity contribution in [3.05, 3.63) is 47.5 Å². The number of rotatable bonds is 4. The van der Waals surface area contributed by atoms with E-state index in [-0.39, 0.29) is 18.8 Å². The van der Waals surface area contributed by atoms with Crippen LogP contribution in [-0.4, -0.2) is 26.0 Å². The maximum Gasteiger partial charge on any atom is 0.416 e. The Morgan fingerprint density at radius 3 is 2.48 bits per heavy atom. The first-order chi connectivity index (χ1) is 9.88. The third-order valence-electron chi connectivity index (χ3n) is 2.79. The summed E-state index contributed by atoms with van der Waals surface area (Å²) in [5, 5.41) is 22.2. The lowest BCUT2D eigenvalue weighted by Crippen LogP contribution is -2.19. The van der Waals surface area contributed by atoms with Gasteiger partial charge in [0.15, 0.2) is 0 Å². The van der Waals surface area contributed by atoms with Crippen LogP contribution < -0.4 is 0 Å². The van der Waals surface area contributed by atoms with Gasteiger partial charge in [-0.25, -0.2) is 9.67 Å². The standard InChI is InChI=1S/C13H11F3N4O/c14-13(15,16)10-3-1-9(2-4-10)5-11(21)7-20-8-18-12(6-17)19-20/h1-4,8,11,21H,5,7H2/t11-/m1/s1. The molecular formula is C13H11F3N4O. The Morgan fingerprint density at radius 1 is 1.29 bits per heavy atom. The van der Waals surface area contributed by atoms with Crippen LogP contribution in [0.1, 0.15) is 17.0 Å². The number of nitriles is 1. The smallest absolute Gasteiger partial charge is 0.391 e. The molecule has 8 heteroatoms. The molecule has 0 aliphatic carbocycles. The van der Waals surface area contributed by atoms with E-state index < -0.39 is 17.8 Å². The second kappa shape index (κ2) is 5.93. The summed E-state index contributed by atoms with van der Waals surface area (Å²) in [7, 11) is 0. The zero-order valence-electron chi connectivity index (χ0n) is 10.7. The summed E-state index contributed by atoms with van der Waals surface area (Å²) in [4.78, 5) is 3.69. The van der Waals surface area contributed by atoms with Gasteiger partial charge in [-0.3, -0.25) is 0 Å². The van der Waals surface area contributed by atoms with Gasteiger partial charge in [0, 0.05) is 6.42 Å². The molecule has 5 nitrogen and oxygen atoms in total. The summed E-state index contributed by atoms with van der Waals surface area (Å²) >= 11 is 0. The highest BCUT2D eigenvalue weighted by molar-refractivity contribution is 5.25. The Kier molecular flexibility index (Phi) is 4.23. The van der Waals surface area contributed by atoms with E-state index in [0.717, 1.165) is 12.1 Å². The molecule has 21 heavy (non-hydrogen) atoms. The van der Waals surface area contributed by atoms with Crippen molar-refractivity contribution >= 4 is 0 Å². The molecule has 0 spiro atoms. The molecular weight excluding hydrogens is 285 g/mol.